The first kappa shape index (κ1) is 13.4. The first-order valence-corrected chi connectivity index (χ1v) is 7.02. The van der Waals surface area contributed by atoms with Crippen molar-refractivity contribution in [3.63, 3.8) is 0 Å². The Morgan fingerprint density at radius 1 is 1.67 bits per heavy atom. The Hall–Kier alpha value is -1.07. The third kappa shape index (κ3) is 3.03. The van der Waals surface area contributed by atoms with Crippen LogP contribution >= 0.6 is 11.8 Å². The smallest absolute Gasteiger partial charge is 0.339 e. The van der Waals surface area contributed by atoms with Crippen molar-refractivity contribution in [2.45, 2.75) is 30.5 Å². The summed E-state index contributed by atoms with van der Waals surface area (Å²) >= 11 is 1.79. The molecule has 1 saturated heterocycles. The Morgan fingerprint density at radius 3 is 3.17 bits per heavy atom. The number of rotatable bonds is 4. The van der Waals surface area contributed by atoms with Crippen molar-refractivity contribution in [3.8, 4) is 0 Å². The highest BCUT2D eigenvalue weighted by molar-refractivity contribution is 7.99. The van der Waals surface area contributed by atoms with E-state index in [1.165, 1.54) is 7.11 Å². The second-order valence-electron chi connectivity index (χ2n) is 4.20. The molecule has 98 valence electrons. The van der Waals surface area contributed by atoms with E-state index in [2.05, 4.69) is 11.9 Å². The summed E-state index contributed by atoms with van der Waals surface area (Å²) in [7, 11) is 1.39. The Labute approximate surface area is 111 Å². The highest BCUT2D eigenvalue weighted by Crippen LogP contribution is 2.29. The number of thioether (sulfide) groups is 1. The van der Waals surface area contributed by atoms with E-state index in [0.717, 1.165) is 18.7 Å². The fourth-order valence-electron chi connectivity index (χ4n) is 1.97. The molecule has 1 aromatic rings. The predicted molar refractivity (Wildman–Crippen MR) is 70.7 cm³/mol. The van der Waals surface area contributed by atoms with Gasteiger partial charge in [-0.05, 0) is 25.5 Å². The number of nitrogens with zero attached hydrogens (tertiary/aromatic N) is 1. The number of carbonyl (C=O) groups is 1. The normalized spacial score (nSPS) is 23.0. The van der Waals surface area contributed by atoms with Gasteiger partial charge in [0.15, 0.2) is 0 Å². The summed E-state index contributed by atoms with van der Waals surface area (Å²) in [5, 5.41) is 0.484. The molecule has 0 amide bonds. The maximum atomic E-state index is 11.6. The molecule has 1 aliphatic rings. The lowest BCUT2D eigenvalue weighted by molar-refractivity contribution is 0.0599. The molecule has 0 N–H and O–H groups in total. The third-order valence-electron chi connectivity index (χ3n) is 3.04. The average molecular weight is 267 g/mol. The maximum Gasteiger partial charge on any atom is 0.339 e. The van der Waals surface area contributed by atoms with Crippen LogP contribution < -0.4 is 0 Å². The summed E-state index contributed by atoms with van der Waals surface area (Å²) in [6.45, 7) is 2.91. The van der Waals surface area contributed by atoms with E-state index in [-0.39, 0.29) is 12.1 Å². The third-order valence-corrected chi connectivity index (χ3v) is 4.52. The molecular weight excluding hydrogens is 250 g/mol. The number of hydrogen-bond acceptors (Lipinski definition) is 5. The van der Waals surface area contributed by atoms with Gasteiger partial charge in [-0.3, -0.25) is 4.98 Å². The predicted octanol–water partition coefficient (Wildman–Crippen LogP) is 2.28. The van der Waals surface area contributed by atoms with Crippen LogP contribution in [0.25, 0.3) is 0 Å². The molecule has 2 unspecified atom stereocenters. The van der Waals surface area contributed by atoms with Crippen LogP contribution in [-0.4, -0.2) is 36.0 Å². The van der Waals surface area contributed by atoms with Crippen LogP contribution in [0.4, 0.5) is 0 Å². The van der Waals surface area contributed by atoms with Crippen LogP contribution in [0.15, 0.2) is 18.3 Å². The van der Waals surface area contributed by atoms with E-state index in [9.17, 15) is 4.79 Å². The van der Waals surface area contributed by atoms with Crippen LogP contribution in [0.5, 0.6) is 0 Å². The summed E-state index contributed by atoms with van der Waals surface area (Å²) in [6.07, 6.45) is 3.05. The summed E-state index contributed by atoms with van der Waals surface area (Å²) in [5.74, 6) is 0.387. The molecule has 1 aromatic heterocycles. The molecule has 0 bridgehead atoms. The summed E-state index contributed by atoms with van der Waals surface area (Å²) in [6, 6.07) is 3.50. The summed E-state index contributed by atoms with van der Waals surface area (Å²) in [5.41, 5.74) is 1.34. The number of esters is 1. The minimum absolute atomic E-state index is 0.278. The van der Waals surface area contributed by atoms with E-state index in [4.69, 9.17) is 9.47 Å². The minimum Gasteiger partial charge on any atom is -0.465 e. The monoisotopic (exact) mass is 267 g/mol. The molecule has 1 aliphatic heterocycles. The molecule has 5 heteroatoms. The van der Waals surface area contributed by atoms with Gasteiger partial charge in [0, 0.05) is 23.8 Å². The number of hydrogen-bond donors (Lipinski definition) is 0. The van der Waals surface area contributed by atoms with Gasteiger partial charge >= 0.3 is 5.97 Å². The number of pyridine rings is 1. The van der Waals surface area contributed by atoms with Gasteiger partial charge in [0.25, 0.3) is 0 Å². The van der Waals surface area contributed by atoms with E-state index in [1.54, 1.807) is 30.1 Å². The second-order valence-corrected chi connectivity index (χ2v) is 5.43. The lowest BCUT2D eigenvalue weighted by Gasteiger charge is -2.14. The van der Waals surface area contributed by atoms with Crippen molar-refractivity contribution in [2.75, 3.05) is 13.7 Å². The topological polar surface area (TPSA) is 48.4 Å². The summed E-state index contributed by atoms with van der Waals surface area (Å²) in [4.78, 5) is 15.9. The Balaban J connectivity index is 2.02. The SMILES string of the molecule is COC(=O)c1cccnc1CSC1CCOC1C. The minimum atomic E-state index is -0.325. The Morgan fingerprint density at radius 2 is 2.50 bits per heavy atom. The molecule has 0 saturated carbocycles. The zero-order valence-electron chi connectivity index (χ0n) is 10.6. The molecule has 2 atom stereocenters. The highest BCUT2D eigenvalue weighted by Gasteiger charge is 2.25. The average Bonchev–Trinajstić information content (AvgIpc) is 2.81. The van der Waals surface area contributed by atoms with E-state index in [1.807, 2.05) is 0 Å². The number of carbonyl (C=O) groups excluding carboxylic acids is 1. The lowest BCUT2D eigenvalue weighted by atomic mass is 10.2. The molecule has 0 aromatic carbocycles. The number of methoxy groups -OCH3 is 1. The van der Waals surface area contributed by atoms with E-state index in [0.29, 0.717) is 16.6 Å². The summed E-state index contributed by atoms with van der Waals surface area (Å²) < 4.78 is 10.3. The van der Waals surface area contributed by atoms with Crippen molar-refractivity contribution >= 4 is 17.7 Å². The quantitative estimate of drug-likeness (QED) is 0.783. The molecule has 0 aliphatic carbocycles. The standard InChI is InChI=1S/C13H17NO3S/c1-9-12(5-7-17-9)18-8-11-10(13(15)16-2)4-3-6-14-11/h3-4,6,9,12H,5,7-8H2,1-2H3. The van der Waals surface area contributed by atoms with Gasteiger partial charge in [-0.25, -0.2) is 4.79 Å². The van der Waals surface area contributed by atoms with Crippen molar-refractivity contribution in [1.29, 1.82) is 0 Å². The Kier molecular flexibility index (Phi) is 4.60. The Bertz CT molecular complexity index is 424. The van der Waals surface area contributed by atoms with Crippen molar-refractivity contribution in [3.05, 3.63) is 29.6 Å². The van der Waals surface area contributed by atoms with Gasteiger partial charge in [-0.2, -0.15) is 0 Å². The van der Waals surface area contributed by atoms with Gasteiger partial charge in [0.1, 0.15) is 0 Å². The van der Waals surface area contributed by atoms with Crippen molar-refractivity contribution < 1.29 is 14.3 Å². The first-order valence-electron chi connectivity index (χ1n) is 5.97. The van der Waals surface area contributed by atoms with Crippen LogP contribution in [0.1, 0.15) is 29.4 Å². The van der Waals surface area contributed by atoms with Crippen molar-refractivity contribution in [2.24, 2.45) is 0 Å². The van der Waals surface area contributed by atoms with Crippen LogP contribution in [0.3, 0.4) is 0 Å². The van der Waals surface area contributed by atoms with E-state index >= 15 is 0 Å². The largest absolute Gasteiger partial charge is 0.465 e. The molecule has 0 radical (unpaired) electrons. The second kappa shape index (κ2) is 6.20. The molecule has 0 spiro atoms. The van der Waals surface area contributed by atoms with E-state index < -0.39 is 0 Å². The fourth-order valence-corrected chi connectivity index (χ4v) is 3.18. The molecule has 2 heterocycles. The van der Waals surface area contributed by atoms with Gasteiger partial charge in [0.05, 0.1) is 24.5 Å². The number of ether oxygens (including phenoxy) is 2. The van der Waals surface area contributed by atoms with Crippen LogP contribution in [0.2, 0.25) is 0 Å². The molecule has 18 heavy (non-hydrogen) atoms. The van der Waals surface area contributed by atoms with Crippen molar-refractivity contribution in [1.82, 2.24) is 4.98 Å². The first-order chi connectivity index (χ1) is 8.72. The van der Waals surface area contributed by atoms with Crippen LogP contribution in [-0.2, 0) is 15.2 Å². The van der Waals surface area contributed by atoms with Gasteiger partial charge in [0.2, 0.25) is 0 Å². The zero-order valence-corrected chi connectivity index (χ0v) is 11.4. The molecule has 1 fully saturated rings. The maximum absolute atomic E-state index is 11.6. The lowest BCUT2D eigenvalue weighted by Crippen LogP contribution is -2.14. The zero-order chi connectivity index (χ0) is 13.0. The molecular formula is C13H17NO3S. The highest BCUT2D eigenvalue weighted by atomic mass is 32.2. The van der Waals surface area contributed by atoms with Crippen LogP contribution in [0, 0.1) is 0 Å². The fraction of sp³-hybridized carbons (Fsp3) is 0.538. The molecule has 2 rings (SSSR count). The number of aromatic nitrogens is 1. The van der Waals surface area contributed by atoms with Gasteiger partial charge in [-0.1, -0.05) is 0 Å². The van der Waals surface area contributed by atoms with Gasteiger partial charge < -0.3 is 9.47 Å². The molecule has 4 nitrogen and oxygen atoms in total. The van der Waals surface area contributed by atoms with Gasteiger partial charge in [-0.15, -0.1) is 11.8 Å².